The van der Waals surface area contributed by atoms with Gasteiger partial charge in [-0.25, -0.2) is 9.50 Å². The molecule has 5 rings (SSSR count). The number of ether oxygens (including phenoxy) is 1. The molecule has 0 unspecified atom stereocenters. The summed E-state index contributed by atoms with van der Waals surface area (Å²) >= 11 is 0. The summed E-state index contributed by atoms with van der Waals surface area (Å²) in [5.74, 6) is 1.48. The van der Waals surface area contributed by atoms with Gasteiger partial charge in [0.2, 0.25) is 0 Å². The molecule has 0 amide bonds. The Labute approximate surface area is 162 Å². The van der Waals surface area contributed by atoms with Crippen LogP contribution >= 0.6 is 0 Å². The number of fused-ring (bicyclic) bond motifs is 2. The Morgan fingerprint density at radius 3 is 2.82 bits per heavy atom. The number of hydrogen-bond donors (Lipinski definition) is 2. The van der Waals surface area contributed by atoms with Crippen molar-refractivity contribution >= 4 is 16.7 Å². The maximum Gasteiger partial charge on any atom is 0.197 e. The second kappa shape index (κ2) is 6.31. The van der Waals surface area contributed by atoms with E-state index in [1.807, 2.05) is 12.3 Å². The van der Waals surface area contributed by atoms with Crippen molar-refractivity contribution in [2.75, 3.05) is 7.11 Å². The number of aromatic amines is 1. The monoisotopic (exact) mass is 376 g/mol. The Hall–Kier alpha value is -2.93. The van der Waals surface area contributed by atoms with Crippen LogP contribution in [0.5, 0.6) is 5.75 Å². The minimum atomic E-state index is 0.313. The van der Waals surface area contributed by atoms with Crippen LogP contribution in [0.25, 0.3) is 27.9 Å². The van der Waals surface area contributed by atoms with Crippen molar-refractivity contribution < 1.29 is 4.74 Å². The molecule has 4 aromatic rings. The van der Waals surface area contributed by atoms with E-state index in [4.69, 9.17) is 15.5 Å². The zero-order chi connectivity index (χ0) is 19.4. The first-order valence-electron chi connectivity index (χ1n) is 9.71. The zero-order valence-electron chi connectivity index (χ0n) is 16.3. The van der Waals surface area contributed by atoms with Gasteiger partial charge in [-0.2, -0.15) is 5.10 Å². The molecule has 7 nitrogen and oxygen atoms in total. The number of aromatic nitrogens is 5. The van der Waals surface area contributed by atoms with E-state index in [2.05, 4.69) is 41.0 Å². The molecule has 28 heavy (non-hydrogen) atoms. The van der Waals surface area contributed by atoms with E-state index in [1.54, 1.807) is 11.6 Å². The van der Waals surface area contributed by atoms with Crippen molar-refractivity contribution in [3.63, 3.8) is 0 Å². The maximum atomic E-state index is 5.98. The average Bonchev–Trinajstić information content (AvgIpc) is 3.28. The summed E-state index contributed by atoms with van der Waals surface area (Å²) in [7, 11) is 1.65. The van der Waals surface area contributed by atoms with E-state index in [0.29, 0.717) is 29.3 Å². The van der Waals surface area contributed by atoms with Gasteiger partial charge in [0.05, 0.1) is 23.8 Å². The van der Waals surface area contributed by atoms with E-state index in [-0.39, 0.29) is 0 Å². The largest absolute Gasteiger partial charge is 0.493 e. The predicted molar refractivity (Wildman–Crippen MR) is 109 cm³/mol. The molecule has 4 heterocycles. The molecule has 144 valence electrons. The first kappa shape index (κ1) is 17.2. The minimum Gasteiger partial charge on any atom is -0.493 e. The summed E-state index contributed by atoms with van der Waals surface area (Å²) in [6.45, 7) is 4.40. The highest BCUT2D eigenvalue weighted by Crippen LogP contribution is 2.39. The Morgan fingerprint density at radius 1 is 1.29 bits per heavy atom. The first-order chi connectivity index (χ1) is 13.5. The van der Waals surface area contributed by atoms with Crippen LogP contribution in [0.15, 0.2) is 30.7 Å². The molecule has 0 atom stereocenters. The fourth-order valence-electron chi connectivity index (χ4n) is 4.20. The van der Waals surface area contributed by atoms with Gasteiger partial charge < -0.3 is 15.5 Å². The molecule has 0 spiro atoms. The lowest BCUT2D eigenvalue weighted by atomic mass is 9.78. The summed E-state index contributed by atoms with van der Waals surface area (Å²) in [6.07, 6.45) is 5.56. The van der Waals surface area contributed by atoms with Gasteiger partial charge in [0.25, 0.3) is 0 Å². The van der Waals surface area contributed by atoms with E-state index in [9.17, 15) is 0 Å². The Kier molecular flexibility index (Phi) is 3.87. The number of nitrogens with zero attached hydrogens (tertiary/aromatic N) is 4. The number of nitrogens with one attached hydrogen (secondary N) is 1. The highest BCUT2D eigenvalue weighted by Gasteiger charge is 2.29. The topological polar surface area (TPSA) is 94.1 Å². The van der Waals surface area contributed by atoms with Crippen molar-refractivity contribution in [2.24, 2.45) is 5.73 Å². The lowest BCUT2D eigenvalue weighted by Gasteiger charge is -2.31. The van der Waals surface area contributed by atoms with Crippen LogP contribution in [0.3, 0.4) is 0 Å². The molecule has 0 bridgehead atoms. The first-order valence-corrected chi connectivity index (χ1v) is 9.71. The van der Waals surface area contributed by atoms with Crippen molar-refractivity contribution in [1.82, 2.24) is 24.6 Å². The molecule has 0 radical (unpaired) electrons. The van der Waals surface area contributed by atoms with Gasteiger partial charge in [0.1, 0.15) is 6.33 Å². The fraction of sp³-hybridized carbons (Fsp3) is 0.381. The van der Waals surface area contributed by atoms with Crippen LogP contribution in [0.2, 0.25) is 0 Å². The van der Waals surface area contributed by atoms with Crippen molar-refractivity contribution in [3.05, 3.63) is 42.0 Å². The highest BCUT2D eigenvalue weighted by atomic mass is 16.5. The van der Waals surface area contributed by atoms with Gasteiger partial charge in [-0.05, 0) is 37.0 Å². The van der Waals surface area contributed by atoms with Crippen molar-refractivity contribution in [2.45, 2.75) is 44.6 Å². The number of pyridine rings is 2. The lowest BCUT2D eigenvalue weighted by Crippen LogP contribution is -2.35. The summed E-state index contributed by atoms with van der Waals surface area (Å²) in [5.41, 5.74) is 13.2. The molecule has 1 saturated carbocycles. The number of rotatable bonds is 4. The summed E-state index contributed by atoms with van der Waals surface area (Å²) in [6, 6.07) is 6.59. The summed E-state index contributed by atoms with van der Waals surface area (Å²) in [4.78, 5) is 12.9. The molecule has 1 aliphatic rings. The second-order valence-electron chi connectivity index (χ2n) is 7.95. The average molecular weight is 376 g/mol. The number of hydrogen-bond acceptors (Lipinski definition) is 5. The summed E-state index contributed by atoms with van der Waals surface area (Å²) in [5, 5.41) is 4.29. The Balaban J connectivity index is 1.70. The molecule has 1 fully saturated rings. The number of nitrogens with two attached hydrogens (primary N) is 1. The van der Waals surface area contributed by atoms with Gasteiger partial charge in [0, 0.05) is 35.0 Å². The van der Waals surface area contributed by atoms with Crippen LogP contribution in [0, 0.1) is 0 Å². The van der Waals surface area contributed by atoms with Crippen LogP contribution in [-0.4, -0.2) is 37.7 Å². The third-order valence-corrected chi connectivity index (χ3v) is 5.72. The van der Waals surface area contributed by atoms with Crippen molar-refractivity contribution in [3.8, 4) is 17.0 Å². The standard InChI is InChI=1S/C21H24N6O/c1-11(2)18-19(13-8-17(28-3)21-23-10-24-27(21)9-13)26-16-5-4-15(25-20(16)18)12-6-14(22)7-12/h4-5,8-12,14,26H,6-7,22H2,1-3H3. The third kappa shape index (κ3) is 2.57. The Bertz CT molecular complexity index is 1170. The van der Waals surface area contributed by atoms with Crippen LogP contribution < -0.4 is 10.5 Å². The quantitative estimate of drug-likeness (QED) is 0.567. The smallest absolute Gasteiger partial charge is 0.197 e. The third-order valence-electron chi connectivity index (χ3n) is 5.72. The normalized spacial score (nSPS) is 19.5. The van der Waals surface area contributed by atoms with Gasteiger partial charge in [-0.3, -0.25) is 4.98 Å². The van der Waals surface area contributed by atoms with Gasteiger partial charge in [0.15, 0.2) is 11.4 Å². The maximum absolute atomic E-state index is 5.98. The molecule has 4 aromatic heterocycles. The zero-order valence-corrected chi connectivity index (χ0v) is 16.3. The van der Waals surface area contributed by atoms with E-state index < -0.39 is 0 Å². The van der Waals surface area contributed by atoms with Crippen LogP contribution in [-0.2, 0) is 0 Å². The number of H-pyrrole nitrogens is 1. The van der Waals surface area contributed by atoms with Crippen LogP contribution in [0.1, 0.15) is 49.8 Å². The molecular weight excluding hydrogens is 352 g/mol. The molecule has 1 aliphatic carbocycles. The molecule has 0 saturated heterocycles. The Morgan fingerprint density at radius 2 is 2.11 bits per heavy atom. The number of methoxy groups -OCH3 is 1. The predicted octanol–water partition coefficient (Wildman–Crippen LogP) is 3.61. The molecule has 0 aliphatic heterocycles. The van der Waals surface area contributed by atoms with E-state index in [1.165, 1.54) is 11.9 Å². The molecular formula is C21H24N6O. The van der Waals surface area contributed by atoms with Gasteiger partial charge in [-0.1, -0.05) is 13.8 Å². The molecule has 3 N–H and O–H groups in total. The van der Waals surface area contributed by atoms with E-state index in [0.717, 1.165) is 40.8 Å². The van der Waals surface area contributed by atoms with Gasteiger partial charge >= 0.3 is 0 Å². The minimum absolute atomic E-state index is 0.313. The molecule has 0 aromatic carbocycles. The molecule has 7 heteroatoms. The van der Waals surface area contributed by atoms with Crippen molar-refractivity contribution in [1.29, 1.82) is 0 Å². The van der Waals surface area contributed by atoms with Crippen LogP contribution in [0.4, 0.5) is 0 Å². The SMILES string of the molecule is COc1cc(-c2[nH]c3ccc(C4CC(N)C4)nc3c2C(C)C)cn2ncnc12. The lowest BCUT2D eigenvalue weighted by molar-refractivity contribution is 0.346. The summed E-state index contributed by atoms with van der Waals surface area (Å²) < 4.78 is 7.29. The fourth-order valence-corrected chi connectivity index (χ4v) is 4.20. The van der Waals surface area contributed by atoms with E-state index >= 15 is 0 Å². The second-order valence-corrected chi connectivity index (χ2v) is 7.95. The van der Waals surface area contributed by atoms with Gasteiger partial charge in [-0.15, -0.1) is 0 Å². The highest BCUT2D eigenvalue weighted by molar-refractivity contribution is 5.89.